The molecule has 2 aromatic rings. The summed E-state index contributed by atoms with van der Waals surface area (Å²) in [5.74, 6) is 0.701. The van der Waals surface area contributed by atoms with Crippen molar-refractivity contribution in [2.24, 2.45) is 0 Å². The first kappa shape index (κ1) is 9.66. The van der Waals surface area contributed by atoms with Gasteiger partial charge in [-0.2, -0.15) is 0 Å². The molecule has 2 aromatic heterocycles. The van der Waals surface area contributed by atoms with Crippen LogP contribution in [0.15, 0.2) is 30.6 Å². The number of hydrogen-bond acceptors (Lipinski definition) is 2. The van der Waals surface area contributed by atoms with Crippen LogP contribution < -0.4 is 5.32 Å². The van der Waals surface area contributed by atoms with E-state index in [9.17, 15) is 0 Å². The molecule has 1 N–H and O–H groups in total. The predicted octanol–water partition coefficient (Wildman–Crippen LogP) is 2.33. The van der Waals surface area contributed by atoms with Gasteiger partial charge in [0.25, 0.3) is 0 Å². The van der Waals surface area contributed by atoms with Gasteiger partial charge in [0.1, 0.15) is 5.65 Å². The van der Waals surface area contributed by atoms with Crippen LogP contribution in [0.1, 0.15) is 37.3 Å². The molecule has 4 rings (SSSR count). The van der Waals surface area contributed by atoms with Gasteiger partial charge < -0.3 is 9.72 Å². The van der Waals surface area contributed by atoms with E-state index in [-0.39, 0.29) is 0 Å². The van der Waals surface area contributed by atoms with Crippen molar-refractivity contribution in [3.05, 3.63) is 36.3 Å². The second-order valence-corrected chi connectivity index (χ2v) is 5.41. The summed E-state index contributed by atoms with van der Waals surface area (Å²) in [5.41, 5.74) is 2.52. The van der Waals surface area contributed by atoms with Crippen molar-refractivity contribution >= 4 is 5.65 Å². The smallest absolute Gasteiger partial charge is 0.136 e. The molecule has 2 aliphatic rings. The van der Waals surface area contributed by atoms with Crippen LogP contribution in [0.3, 0.4) is 0 Å². The molecule has 0 saturated carbocycles. The first-order valence-corrected chi connectivity index (χ1v) is 6.58. The average molecular weight is 227 g/mol. The van der Waals surface area contributed by atoms with E-state index in [1.807, 2.05) is 6.20 Å². The Morgan fingerprint density at radius 1 is 1.18 bits per heavy atom. The van der Waals surface area contributed by atoms with Crippen LogP contribution >= 0.6 is 0 Å². The van der Waals surface area contributed by atoms with E-state index in [1.54, 1.807) is 0 Å². The number of nitrogens with one attached hydrogen (secondary N) is 1. The molecule has 0 aliphatic carbocycles. The third-order valence-electron chi connectivity index (χ3n) is 4.35. The molecule has 0 radical (unpaired) electrons. The number of imidazole rings is 1. The van der Waals surface area contributed by atoms with Crippen LogP contribution in [0.4, 0.5) is 0 Å². The summed E-state index contributed by atoms with van der Waals surface area (Å²) in [6.07, 6.45) is 9.28. The van der Waals surface area contributed by atoms with E-state index in [1.165, 1.54) is 31.4 Å². The highest BCUT2D eigenvalue weighted by atomic mass is 15.0. The Hall–Kier alpha value is -1.35. The molecule has 2 saturated heterocycles. The molecule has 3 heteroatoms. The lowest BCUT2D eigenvalue weighted by atomic mass is 9.89. The minimum Gasteiger partial charge on any atom is -0.311 e. The van der Waals surface area contributed by atoms with E-state index >= 15 is 0 Å². The molecule has 0 spiro atoms. The normalized spacial score (nSPS) is 32.1. The maximum atomic E-state index is 4.38. The average Bonchev–Trinajstić information content (AvgIpc) is 2.95. The van der Waals surface area contributed by atoms with Gasteiger partial charge in [0.2, 0.25) is 0 Å². The Kier molecular flexibility index (Phi) is 2.03. The molecule has 2 aliphatic heterocycles. The van der Waals surface area contributed by atoms with Crippen molar-refractivity contribution in [2.45, 2.75) is 43.7 Å². The molecule has 2 bridgehead atoms. The summed E-state index contributed by atoms with van der Waals surface area (Å²) in [6.45, 7) is 0. The van der Waals surface area contributed by atoms with Gasteiger partial charge in [-0.15, -0.1) is 0 Å². The highest BCUT2D eigenvalue weighted by Crippen LogP contribution is 2.37. The van der Waals surface area contributed by atoms with Crippen LogP contribution in [0, 0.1) is 0 Å². The van der Waals surface area contributed by atoms with Gasteiger partial charge in [0.05, 0.1) is 0 Å². The Balaban J connectivity index is 1.76. The minimum absolute atomic E-state index is 0.701. The van der Waals surface area contributed by atoms with Gasteiger partial charge in [0, 0.05) is 36.1 Å². The largest absolute Gasteiger partial charge is 0.311 e. The fraction of sp³-hybridized carbons (Fsp3) is 0.500. The Labute approximate surface area is 101 Å². The third kappa shape index (κ3) is 1.49. The molecule has 2 unspecified atom stereocenters. The Bertz CT molecular complexity index is 533. The maximum Gasteiger partial charge on any atom is 0.136 e. The number of rotatable bonds is 1. The second kappa shape index (κ2) is 3.57. The molecule has 2 atom stereocenters. The number of piperidine rings is 1. The monoisotopic (exact) mass is 227 g/mol. The van der Waals surface area contributed by atoms with Gasteiger partial charge in [0.15, 0.2) is 0 Å². The zero-order valence-electron chi connectivity index (χ0n) is 9.84. The summed E-state index contributed by atoms with van der Waals surface area (Å²) >= 11 is 0. The standard InChI is InChI=1S/C14H17N3/c1-2-13(17-7-6-15-14(17)3-1)10-8-11-4-5-12(9-10)16-11/h1-3,6-7,10-12,16H,4-5,8-9H2. The van der Waals surface area contributed by atoms with Gasteiger partial charge in [-0.05, 0) is 37.8 Å². The van der Waals surface area contributed by atoms with E-state index < -0.39 is 0 Å². The molecule has 2 fully saturated rings. The SMILES string of the molecule is c1cc(C2CC3CCC(C2)N3)n2ccnc2c1. The Morgan fingerprint density at radius 2 is 2.00 bits per heavy atom. The van der Waals surface area contributed by atoms with Crippen LogP contribution in [0.25, 0.3) is 5.65 Å². The molecule has 17 heavy (non-hydrogen) atoms. The fourth-order valence-electron chi connectivity index (χ4n) is 3.60. The highest BCUT2D eigenvalue weighted by Gasteiger charge is 2.34. The van der Waals surface area contributed by atoms with Gasteiger partial charge in [-0.1, -0.05) is 6.07 Å². The zero-order valence-corrected chi connectivity index (χ0v) is 9.84. The topological polar surface area (TPSA) is 29.3 Å². The number of pyridine rings is 1. The summed E-state index contributed by atoms with van der Waals surface area (Å²) in [6, 6.07) is 7.99. The van der Waals surface area contributed by atoms with Crippen molar-refractivity contribution in [2.75, 3.05) is 0 Å². The van der Waals surface area contributed by atoms with E-state index in [2.05, 4.69) is 39.1 Å². The first-order valence-electron chi connectivity index (χ1n) is 6.58. The first-order chi connectivity index (χ1) is 8.40. The van der Waals surface area contributed by atoms with Crippen LogP contribution in [0.5, 0.6) is 0 Å². The van der Waals surface area contributed by atoms with Gasteiger partial charge in [-0.25, -0.2) is 4.98 Å². The quantitative estimate of drug-likeness (QED) is 0.810. The highest BCUT2D eigenvalue weighted by molar-refractivity contribution is 5.40. The van der Waals surface area contributed by atoms with Gasteiger partial charge in [-0.3, -0.25) is 0 Å². The van der Waals surface area contributed by atoms with Crippen molar-refractivity contribution in [1.29, 1.82) is 0 Å². The minimum atomic E-state index is 0.701. The number of fused-ring (bicyclic) bond motifs is 3. The number of hydrogen-bond donors (Lipinski definition) is 1. The lowest BCUT2D eigenvalue weighted by Crippen LogP contribution is -2.37. The number of nitrogens with zero attached hydrogens (tertiary/aromatic N) is 2. The second-order valence-electron chi connectivity index (χ2n) is 5.41. The lowest BCUT2D eigenvalue weighted by Gasteiger charge is -2.29. The molecule has 0 aromatic carbocycles. The van der Waals surface area contributed by atoms with Crippen molar-refractivity contribution < 1.29 is 0 Å². The lowest BCUT2D eigenvalue weighted by molar-refractivity contribution is 0.357. The van der Waals surface area contributed by atoms with Crippen LogP contribution in [0.2, 0.25) is 0 Å². The summed E-state index contributed by atoms with van der Waals surface area (Å²) < 4.78 is 2.26. The fourth-order valence-corrected chi connectivity index (χ4v) is 3.60. The van der Waals surface area contributed by atoms with Gasteiger partial charge >= 0.3 is 0 Å². The molecular weight excluding hydrogens is 210 g/mol. The van der Waals surface area contributed by atoms with Crippen molar-refractivity contribution in [3.63, 3.8) is 0 Å². The van der Waals surface area contributed by atoms with Crippen LogP contribution in [-0.2, 0) is 0 Å². The zero-order chi connectivity index (χ0) is 11.2. The summed E-state index contributed by atoms with van der Waals surface area (Å²) in [5, 5.41) is 3.71. The summed E-state index contributed by atoms with van der Waals surface area (Å²) in [4.78, 5) is 4.38. The molecule has 3 nitrogen and oxygen atoms in total. The van der Waals surface area contributed by atoms with E-state index in [0.717, 1.165) is 17.7 Å². The molecule has 4 heterocycles. The number of aromatic nitrogens is 2. The van der Waals surface area contributed by atoms with Crippen LogP contribution in [-0.4, -0.2) is 21.5 Å². The summed E-state index contributed by atoms with van der Waals surface area (Å²) in [7, 11) is 0. The molecule has 0 amide bonds. The van der Waals surface area contributed by atoms with E-state index in [0.29, 0.717) is 5.92 Å². The van der Waals surface area contributed by atoms with Crippen molar-refractivity contribution in [3.8, 4) is 0 Å². The molecular formula is C14H17N3. The van der Waals surface area contributed by atoms with Crippen molar-refractivity contribution in [1.82, 2.24) is 14.7 Å². The molecule has 88 valence electrons. The van der Waals surface area contributed by atoms with E-state index in [4.69, 9.17) is 0 Å². The maximum absolute atomic E-state index is 4.38. The Morgan fingerprint density at radius 3 is 2.82 bits per heavy atom. The third-order valence-corrected chi connectivity index (χ3v) is 4.35. The predicted molar refractivity (Wildman–Crippen MR) is 67.1 cm³/mol.